The third-order valence-corrected chi connectivity index (χ3v) is 6.26. The lowest BCUT2D eigenvalue weighted by Crippen LogP contribution is -2.41. The molecule has 6 nitrogen and oxygen atoms in total. The highest BCUT2D eigenvalue weighted by Crippen LogP contribution is 2.16. The Morgan fingerprint density at radius 1 is 1.16 bits per heavy atom. The van der Waals surface area contributed by atoms with Gasteiger partial charge in [0.05, 0.1) is 19.3 Å². The van der Waals surface area contributed by atoms with Gasteiger partial charge in [0.2, 0.25) is 0 Å². The summed E-state index contributed by atoms with van der Waals surface area (Å²) < 4.78 is 11.5. The first kappa shape index (κ1) is 27.3. The van der Waals surface area contributed by atoms with Gasteiger partial charge in [-0.25, -0.2) is 4.99 Å². The third-order valence-electron chi connectivity index (χ3n) is 6.26. The summed E-state index contributed by atoms with van der Waals surface area (Å²) in [6.45, 7) is 11.7. The Kier molecular flexibility index (Phi) is 13.5. The Balaban J connectivity index is 0.00000363. The maximum Gasteiger partial charge on any atom is 0.191 e. The highest BCUT2D eigenvalue weighted by molar-refractivity contribution is 14.0. The van der Waals surface area contributed by atoms with E-state index in [1.807, 2.05) is 0 Å². The molecule has 0 saturated carbocycles. The number of hydrogen-bond donors (Lipinski definition) is 2. The van der Waals surface area contributed by atoms with Crippen molar-refractivity contribution in [3.8, 4) is 0 Å². The molecular weight excluding hydrogens is 515 g/mol. The van der Waals surface area contributed by atoms with Crippen LogP contribution in [0.15, 0.2) is 29.3 Å². The number of benzene rings is 1. The third kappa shape index (κ3) is 9.93. The van der Waals surface area contributed by atoms with Crippen molar-refractivity contribution in [3.05, 3.63) is 35.4 Å². The van der Waals surface area contributed by atoms with Crippen molar-refractivity contribution in [2.75, 3.05) is 39.4 Å². The molecule has 2 heterocycles. The monoisotopic (exact) mass is 558 g/mol. The van der Waals surface area contributed by atoms with Crippen LogP contribution in [-0.2, 0) is 22.6 Å². The van der Waals surface area contributed by atoms with Gasteiger partial charge in [-0.15, -0.1) is 24.0 Å². The van der Waals surface area contributed by atoms with Crippen molar-refractivity contribution in [2.24, 2.45) is 4.99 Å². The normalized spacial score (nSPS) is 20.6. The lowest BCUT2D eigenvalue weighted by atomic mass is 10.0. The fraction of sp³-hybridized carbons (Fsp3) is 0.720. The Labute approximate surface area is 211 Å². The summed E-state index contributed by atoms with van der Waals surface area (Å²) in [6.07, 6.45) is 7.55. The summed E-state index contributed by atoms with van der Waals surface area (Å²) in [4.78, 5) is 7.43. The van der Waals surface area contributed by atoms with E-state index in [1.54, 1.807) is 0 Å². The predicted molar refractivity (Wildman–Crippen MR) is 143 cm³/mol. The van der Waals surface area contributed by atoms with Crippen molar-refractivity contribution >= 4 is 29.9 Å². The van der Waals surface area contributed by atoms with Crippen LogP contribution in [0.5, 0.6) is 0 Å². The maximum atomic E-state index is 6.07. The summed E-state index contributed by atoms with van der Waals surface area (Å²) in [7, 11) is 0. The van der Waals surface area contributed by atoms with E-state index in [9.17, 15) is 0 Å². The highest BCUT2D eigenvalue weighted by atomic mass is 127. The molecule has 2 aliphatic rings. The number of aliphatic imine (C=N–C) groups is 1. The number of piperidine rings is 1. The fourth-order valence-corrected chi connectivity index (χ4v) is 4.37. The summed E-state index contributed by atoms with van der Waals surface area (Å²) in [5.41, 5.74) is 2.43. The zero-order chi connectivity index (χ0) is 21.7. The Morgan fingerprint density at radius 2 is 1.97 bits per heavy atom. The van der Waals surface area contributed by atoms with Gasteiger partial charge in [0.1, 0.15) is 0 Å². The first-order chi connectivity index (χ1) is 15.2. The van der Waals surface area contributed by atoms with E-state index in [4.69, 9.17) is 14.5 Å². The molecule has 182 valence electrons. The second-order valence-electron chi connectivity index (χ2n) is 8.80. The van der Waals surface area contributed by atoms with Gasteiger partial charge in [0.15, 0.2) is 5.96 Å². The first-order valence-electron chi connectivity index (χ1n) is 12.3. The summed E-state index contributed by atoms with van der Waals surface area (Å²) >= 11 is 0. The van der Waals surface area contributed by atoms with E-state index in [1.165, 1.54) is 43.5 Å². The SMILES string of the molecule is CCNC(=NCc1cccc(COC2CCOCC2)c1)NCCCN1CCCCC1C.I. The second-order valence-corrected chi connectivity index (χ2v) is 8.80. The number of likely N-dealkylation sites (tertiary alicyclic amines) is 1. The van der Waals surface area contributed by atoms with Gasteiger partial charge in [-0.1, -0.05) is 30.7 Å². The first-order valence-corrected chi connectivity index (χ1v) is 12.3. The van der Waals surface area contributed by atoms with Gasteiger partial charge in [0, 0.05) is 38.9 Å². The number of nitrogens with zero attached hydrogens (tertiary/aromatic N) is 2. The van der Waals surface area contributed by atoms with Crippen LogP contribution in [0.2, 0.25) is 0 Å². The van der Waals surface area contributed by atoms with Crippen LogP contribution in [0.3, 0.4) is 0 Å². The fourth-order valence-electron chi connectivity index (χ4n) is 4.37. The smallest absolute Gasteiger partial charge is 0.191 e. The molecule has 1 aromatic carbocycles. The van der Waals surface area contributed by atoms with Gasteiger partial charge in [-0.05, 0) is 63.6 Å². The Bertz CT molecular complexity index is 667. The van der Waals surface area contributed by atoms with Crippen LogP contribution in [-0.4, -0.2) is 62.4 Å². The number of halogens is 1. The number of nitrogens with one attached hydrogen (secondary N) is 2. The van der Waals surface area contributed by atoms with Gasteiger partial charge in [-0.3, -0.25) is 0 Å². The average Bonchev–Trinajstić information content (AvgIpc) is 2.81. The van der Waals surface area contributed by atoms with E-state index in [0.29, 0.717) is 19.3 Å². The number of guanidine groups is 1. The topological polar surface area (TPSA) is 58.1 Å². The van der Waals surface area contributed by atoms with Gasteiger partial charge < -0.3 is 25.0 Å². The molecule has 0 aliphatic carbocycles. The molecule has 2 fully saturated rings. The number of ether oxygens (including phenoxy) is 2. The van der Waals surface area contributed by atoms with E-state index >= 15 is 0 Å². The van der Waals surface area contributed by atoms with Crippen molar-refractivity contribution in [3.63, 3.8) is 0 Å². The van der Waals surface area contributed by atoms with Crippen molar-refractivity contribution in [2.45, 2.75) is 77.7 Å². The van der Waals surface area contributed by atoms with Crippen molar-refractivity contribution in [1.82, 2.24) is 15.5 Å². The molecule has 0 spiro atoms. The number of rotatable bonds is 10. The minimum Gasteiger partial charge on any atom is -0.381 e. The molecule has 0 radical (unpaired) electrons. The minimum atomic E-state index is 0. The van der Waals surface area contributed by atoms with Crippen LogP contribution < -0.4 is 10.6 Å². The van der Waals surface area contributed by atoms with E-state index in [0.717, 1.165) is 57.6 Å². The molecule has 7 heteroatoms. The molecule has 32 heavy (non-hydrogen) atoms. The minimum absolute atomic E-state index is 0. The van der Waals surface area contributed by atoms with E-state index in [-0.39, 0.29) is 24.0 Å². The van der Waals surface area contributed by atoms with Crippen LogP contribution in [0.25, 0.3) is 0 Å². The molecular formula is C25H43IN4O2. The standard InChI is InChI=1S/C25H42N4O2.HI/c1-3-26-25(27-13-7-15-29-14-5-4-8-21(29)2)28-19-22-9-6-10-23(18-22)20-31-24-11-16-30-17-12-24;/h6,9-10,18,21,24H,3-5,7-8,11-17,19-20H2,1-2H3,(H2,26,27,28);1H. The van der Waals surface area contributed by atoms with Crippen LogP contribution in [0, 0.1) is 0 Å². The molecule has 1 aromatic rings. The zero-order valence-electron chi connectivity index (χ0n) is 20.0. The molecule has 3 rings (SSSR count). The highest BCUT2D eigenvalue weighted by Gasteiger charge is 2.17. The maximum absolute atomic E-state index is 6.07. The van der Waals surface area contributed by atoms with E-state index < -0.39 is 0 Å². The molecule has 0 bridgehead atoms. The lowest BCUT2D eigenvalue weighted by molar-refractivity contribution is -0.0390. The van der Waals surface area contributed by atoms with Crippen LogP contribution in [0.1, 0.15) is 63.5 Å². The van der Waals surface area contributed by atoms with Gasteiger partial charge in [0.25, 0.3) is 0 Å². The summed E-state index contributed by atoms with van der Waals surface area (Å²) in [6, 6.07) is 9.33. The summed E-state index contributed by atoms with van der Waals surface area (Å²) in [5, 5.41) is 6.88. The molecule has 0 amide bonds. The lowest BCUT2D eigenvalue weighted by Gasteiger charge is -2.33. The molecule has 2 N–H and O–H groups in total. The average molecular weight is 559 g/mol. The molecule has 1 unspecified atom stereocenters. The molecule has 2 aliphatic heterocycles. The largest absolute Gasteiger partial charge is 0.381 e. The summed E-state index contributed by atoms with van der Waals surface area (Å²) in [5.74, 6) is 0.901. The van der Waals surface area contributed by atoms with Gasteiger partial charge in [-0.2, -0.15) is 0 Å². The van der Waals surface area contributed by atoms with Gasteiger partial charge >= 0.3 is 0 Å². The molecule has 0 aromatic heterocycles. The Morgan fingerprint density at radius 3 is 2.75 bits per heavy atom. The second kappa shape index (κ2) is 15.9. The zero-order valence-corrected chi connectivity index (χ0v) is 22.3. The van der Waals surface area contributed by atoms with Crippen LogP contribution >= 0.6 is 24.0 Å². The Hall–Kier alpha value is -0.900. The predicted octanol–water partition coefficient (Wildman–Crippen LogP) is 4.32. The molecule has 1 atom stereocenters. The number of hydrogen-bond acceptors (Lipinski definition) is 4. The molecule has 2 saturated heterocycles. The quantitative estimate of drug-likeness (QED) is 0.194. The van der Waals surface area contributed by atoms with Crippen molar-refractivity contribution < 1.29 is 9.47 Å². The van der Waals surface area contributed by atoms with Crippen LogP contribution in [0.4, 0.5) is 0 Å². The van der Waals surface area contributed by atoms with E-state index in [2.05, 4.69) is 53.6 Å². The van der Waals surface area contributed by atoms with Crippen molar-refractivity contribution in [1.29, 1.82) is 0 Å².